The van der Waals surface area contributed by atoms with Gasteiger partial charge in [0.15, 0.2) is 0 Å². The van der Waals surface area contributed by atoms with Crippen LogP contribution in [0.5, 0.6) is 0 Å². The molecule has 1 aliphatic rings. The van der Waals surface area contributed by atoms with Crippen LogP contribution in [0.15, 0.2) is 54.9 Å². The van der Waals surface area contributed by atoms with Gasteiger partial charge >= 0.3 is 0 Å². The van der Waals surface area contributed by atoms with Crippen LogP contribution in [0.3, 0.4) is 0 Å². The summed E-state index contributed by atoms with van der Waals surface area (Å²) in [7, 11) is 0. The molecule has 3 aromatic heterocycles. The van der Waals surface area contributed by atoms with Crippen LogP contribution in [0.1, 0.15) is 38.2 Å². The molecule has 0 spiro atoms. The Morgan fingerprint density at radius 1 is 1.16 bits per heavy atom. The molecule has 8 heteroatoms. The van der Waals surface area contributed by atoms with Crippen molar-refractivity contribution in [1.29, 1.82) is 0 Å². The Morgan fingerprint density at radius 3 is 2.81 bits per heavy atom. The van der Waals surface area contributed by atoms with Crippen molar-refractivity contribution in [2.75, 3.05) is 19.7 Å². The molecule has 4 heterocycles. The van der Waals surface area contributed by atoms with E-state index in [4.69, 9.17) is 10.5 Å². The van der Waals surface area contributed by atoms with Gasteiger partial charge in [-0.15, -0.1) is 0 Å². The molecule has 2 N–H and O–H groups in total. The van der Waals surface area contributed by atoms with Crippen LogP contribution in [0.25, 0.3) is 16.6 Å². The number of ether oxygens (including phenoxy) is 1. The molecule has 2 amide bonds. The third-order valence-electron chi connectivity index (χ3n) is 5.58. The first-order valence-electron chi connectivity index (χ1n) is 10.1. The van der Waals surface area contributed by atoms with Crippen LogP contribution >= 0.6 is 0 Å². The second-order valence-electron chi connectivity index (χ2n) is 7.63. The van der Waals surface area contributed by atoms with Crippen LogP contribution < -0.4 is 5.73 Å². The molecule has 1 fully saturated rings. The quantitative estimate of drug-likeness (QED) is 0.554. The molecular weight excluding hydrogens is 394 g/mol. The first kappa shape index (κ1) is 19.2. The lowest BCUT2D eigenvalue weighted by Gasteiger charge is -2.32. The number of nitrogens with two attached hydrogens (primary N) is 1. The summed E-state index contributed by atoms with van der Waals surface area (Å²) in [5.74, 6) is -0.684. The molecule has 0 bridgehead atoms. The standard InChI is InChI=1S/C23H21N5O3/c1-14-5-4-8-27-12-19(26-22(14)27)23(30)28-9-10-31-20(13-28)18-11-16(21(24)29)15-6-2-3-7-17(15)25-18/h2-8,11-12,20H,9-10,13H2,1H3,(H2,24,29). The summed E-state index contributed by atoms with van der Waals surface area (Å²) in [4.78, 5) is 36.0. The lowest BCUT2D eigenvalue weighted by atomic mass is 10.0. The molecule has 0 radical (unpaired) electrons. The van der Waals surface area contributed by atoms with Gasteiger partial charge in [0.2, 0.25) is 5.91 Å². The number of morpholine rings is 1. The van der Waals surface area contributed by atoms with Gasteiger partial charge in [-0.2, -0.15) is 0 Å². The lowest BCUT2D eigenvalue weighted by Crippen LogP contribution is -2.42. The van der Waals surface area contributed by atoms with E-state index in [-0.39, 0.29) is 5.91 Å². The van der Waals surface area contributed by atoms with Gasteiger partial charge in [0.05, 0.1) is 29.9 Å². The fourth-order valence-corrected chi connectivity index (χ4v) is 4.00. The minimum Gasteiger partial charge on any atom is -0.368 e. The summed E-state index contributed by atoms with van der Waals surface area (Å²) in [5, 5.41) is 0.697. The summed E-state index contributed by atoms with van der Waals surface area (Å²) in [6, 6.07) is 12.9. The second-order valence-corrected chi connectivity index (χ2v) is 7.63. The summed E-state index contributed by atoms with van der Waals surface area (Å²) in [6.45, 7) is 3.10. The third kappa shape index (κ3) is 3.40. The molecule has 156 valence electrons. The van der Waals surface area contributed by atoms with Gasteiger partial charge in [-0.1, -0.05) is 24.3 Å². The number of pyridine rings is 2. The normalized spacial score (nSPS) is 16.7. The van der Waals surface area contributed by atoms with Crippen molar-refractivity contribution in [2.24, 2.45) is 5.73 Å². The average Bonchev–Trinajstić information content (AvgIpc) is 3.23. The van der Waals surface area contributed by atoms with E-state index >= 15 is 0 Å². The van der Waals surface area contributed by atoms with Crippen LogP contribution in [0.4, 0.5) is 0 Å². The molecule has 0 aliphatic carbocycles. The number of rotatable bonds is 3. The van der Waals surface area contributed by atoms with Crippen LogP contribution in [-0.4, -0.2) is 50.8 Å². The summed E-state index contributed by atoms with van der Waals surface area (Å²) < 4.78 is 7.76. The maximum atomic E-state index is 13.1. The molecule has 8 nitrogen and oxygen atoms in total. The number of imidazole rings is 1. The Balaban J connectivity index is 1.45. The molecule has 4 aromatic rings. The van der Waals surface area contributed by atoms with Crippen molar-refractivity contribution in [1.82, 2.24) is 19.3 Å². The molecule has 0 saturated carbocycles. The molecular formula is C23H21N5O3. The molecule has 1 aromatic carbocycles. The number of nitrogens with zero attached hydrogens (tertiary/aromatic N) is 4. The summed E-state index contributed by atoms with van der Waals surface area (Å²) >= 11 is 0. The van der Waals surface area contributed by atoms with Crippen LogP contribution in [0.2, 0.25) is 0 Å². The maximum absolute atomic E-state index is 13.1. The Morgan fingerprint density at radius 2 is 2.00 bits per heavy atom. The van der Waals surface area contributed by atoms with E-state index in [0.29, 0.717) is 47.6 Å². The van der Waals surface area contributed by atoms with E-state index in [1.807, 2.05) is 53.9 Å². The van der Waals surface area contributed by atoms with Gasteiger partial charge < -0.3 is 19.8 Å². The smallest absolute Gasteiger partial charge is 0.274 e. The maximum Gasteiger partial charge on any atom is 0.274 e. The van der Waals surface area contributed by atoms with E-state index in [0.717, 1.165) is 11.2 Å². The number of primary amides is 1. The largest absolute Gasteiger partial charge is 0.368 e. The van der Waals surface area contributed by atoms with Gasteiger partial charge in [0, 0.05) is 24.3 Å². The average molecular weight is 415 g/mol. The highest BCUT2D eigenvalue weighted by atomic mass is 16.5. The SMILES string of the molecule is Cc1cccn2cc(C(=O)N3CCOC(c4cc(C(N)=O)c5ccccc5n4)C3)nc12. The fourth-order valence-electron chi connectivity index (χ4n) is 4.00. The highest BCUT2D eigenvalue weighted by Crippen LogP contribution is 2.26. The highest BCUT2D eigenvalue weighted by Gasteiger charge is 2.29. The second kappa shape index (κ2) is 7.48. The van der Waals surface area contributed by atoms with Crippen molar-refractivity contribution in [3.63, 3.8) is 0 Å². The van der Waals surface area contributed by atoms with Crippen molar-refractivity contribution in [2.45, 2.75) is 13.0 Å². The van der Waals surface area contributed by atoms with Gasteiger partial charge in [-0.25, -0.2) is 9.97 Å². The Labute approximate surface area is 178 Å². The van der Waals surface area contributed by atoms with Crippen LogP contribution in [0, 0.1) is 6.92 Å². The number of aryl methyl sites for hydroxylation is 1. The fraction of sp³-hybridized carbons (Fsp3) is 0.217. The first-order valence-corrected chi connectivity index (χ1v) is 10.1. The molecule has 1 saturated heterocycles. The highest BCUT2D eigenvalue weighted by molar-refractivity contribution is 6.05. The number of benzene rings is 1. The number of hydrogen-bond acceptors (Lipinski definition) is 5. The molecule has 1 atom stereocenters. The van der Waals surface area contributed by atoms with E-state index in [2.05, 4.69) is 9.97 Å². The van der Waals surface area contributed by atoms with Crippen LogP contribution in [-0.2, 0) is 4.74 Å². The van der Waals surface area contributed by atoms with Gasteiger partial charge in [0.25, 0.3) is 5.91 Å². The number of carbonyl (C=O) groups is 2. The number of amides is 2. The minimum absolute atomic E-state index is 0.160. The topological polar surface area (TPSA) is 103 Å². The third-order valence-corrected chi connectivity index (χ3v) is 5.58. The Kier molecular flexibility index (Phi) is 4.63. The van der Waals surface area contributed by atoms with E-state index in [1.165, 1.54) is 0 Å². The van der Waals surface area contributed by atoms with Gasteiger partial charge in [-0.05, 0) is 30.7 Å². The van der Waals surface area contributed by atoms with Crippen molar-refractivity contribution >= 4 is 28.4 Å². The van der Waals surface area contributed by atoms with Crippen molar-refractivity contribution < 1.29 is 14.3 Å². The number of aromatic nitrogens is 3. The molecule has 5 rings (SSSR count). The van der Waals surface area contributed by atoms with E-state index in [1.54, 1.807) is 17.2 Å². The van der Waals surface area contributed by atoms with E-state index < -0.39 is 12.0 Å². The zero-order valence-corrected chi connectivity index (χ0v) is 17.0. The minimum atomic E-state index is -0.524. The Bertz CT molecular complexity index is 1330. The number of fused-ring (bicyclic) bond motifs is 2. The van der Waals surface area contributed by atoms with Crippen molar-refractivity contribution in [3.8, 4) is 0 Å². The zero-order chi connectivity index (χ0) is 21.5. The molecule has 1 aliphatic heterocycles. The van der Waals surface area contributed by atoms with E-state index in [9.17, 15) is 9.59 Å². The number of para-hydroxylation sites is 1. The van der Waals surface area contributed by atoms with Gasteiger partial charge in [-0.3, -0.25) is 9.59 Å². The molecule has 1 unspecified atom stereocenters. The Hall–Kier alpha value is -3.78. The van der Waals surface area contributed by atoms with Crippen molar-refractivity contribution in [3.05, 3.63) is 77.4 Å². The van der Waals surface area contributed by atoms with Gasteiger partial charge in [0.1, 0.15) is 17.4 Å². The lowest BCUT2D eigenvalue weighted by molar-refractivity contribution is -0.0247. The predicted octanol–water partition coefficient (Wildman–Crippen LogP) is 2.50. The number of hydrogen-bond donors (Lipinski definition) is 1. The summed E-state index contributed by atoms with van der Waals surface area (Å²) in [6.07, 6.45) is 3.16. The summed E-state index contributed by atoms with van der Waals surface area (Å²) in [5.41, 5.74) is 9.38. The zero-order valence-electron chi connectivity index (χ0n) is 17.0. The molecule has 31 heavy (non-hydrogen) atoms. The number of carbonyl (C=O) groups excluding carboxylic acids is 2. The first-order chi connectivity index (χ1) is 15.0. The monoisotopic (exact) mass is 415 g/mol. The predicted molar refractivity (Wildman–Crippen MR) is 115 cm³/mol.